The maximum Gasteiger partial charge on any atom is 0.161 e. The summed E-state index contributed by atoms with van der Waals surface area (Å²) in [5.41, 5.74) is 5.86. The van der Waals surface area contributed by atoms with Gasteiger partial charge >= 0.3 is 0 Å². The van der Waals surface area contributed by atoms with Gasteiger partial charge in [-0.25, -0.2) is 0 Å². The lowest BCUT2D eigenvalue weighted by Gasteiger charge is -2.29. The number of nitrogens with zero attached hydrogens (tertiary/aromatic N) is 2. The number of anilines is 3. The fourth-order valence-electron chi connectivity index (χ4n) is 3.68. The molecule has 0 bridgehead atoms. The van der Waals surface area contributed by atoms with E-state index in [2.05, 4.69) is 113 Å². The normalized spacial score (nSPS) is 16.0. The van der Waals surface area contributed by atoms with E-state index in [9.17, 15) is 0 Å². The minimum atomic E-state index is -1.10. The third-order valence-electron chi connectivity index (χ3n) is 5.46. The van der Waals surface area contributed by atoms with Crippen molar-refractivity contribution >= 4 is 59.3 Å². The van der Waals surface area contributed by atoms with Gasteiger partial charge in [0, 0.05) is 25.4 Å². The summed E-state index contributed by atoms with van der Waals surface area (Å²) in [5, 5.41) is 0.745. The molecule has 0 amide bonds. The Hall–Kier alpha value is -1.54. The van der Waals surface area contributed by atoms with Gasteiger partial charge in [0.15, 0.2) is 4.17 Å². The van der Waals surface area contributed by atoms with Crippen LogP contribution in [0, 0.1) is 0 Å². The van der Waals surface area contributed by atoms with Gasteiger partial charge in [-0.3, -0.25) is 0 Å². The maximum absolute atomic E-state index is 6.38. The molecule has 0 fully saturated rings. The number of hydrogen-bond acceptors (Lipinski definition) is 3. The van der Waals surface area contributed by atoms with Crippen LogP contribution in [0.3, 0.4) is 0 Å². The van der Waals surface area contributed by atoms with E-state index >= 15 is 0 Å². The molecule has 0 aliphatic carbocycles. The van der Waals surface area contributed by atoms with E-state index in [4.69, 9.17) is 16.3 Å². The van der Waals surface area contributed by atoms with Crippen LogP contribution in [-0.2, 0) is 4.74 Å². The first-order valence-corrected chi connectivity index (χ1v) is 15.9. The van der Waals surface area contributed by atoms with Gasteiger partial charge in [-0.2, -0.15) is 0 Å². The van der Waals surface area contributed by atoms with Gasteiger partial charge in [0.1, 0.15) is 6.73 Å². The molecule has 0 N–H and O–H groups in total. The van der Waals surface area contributed by atoms with Gasteiger partial charge in [-0.1, -0.05) is 73.7 Å². The Kier molecular flexibility index (Phi) is 6.96. The van der Waals surface area contributed by atoms with E-state index < -0.39 is 8.07 Å². The van der Waals surface area contributed by atoms with Crippen LogP contribution < -0.4 is 9.80 Å². The molecule has 4 rings (SSSR count). The lowest BCUT2D eigenvalue weighted by molar-refractivity contribution is 0.147. The van der Waals surface area contributed by atoms with Gasteiger partial charge in [-0.05, 0) is 70.1 Å². The molecule has 31 heavy (non-hydrogen) atoms. The second-order valence-corrected chi connectivity index (χ2v) is 16.2. The van der Waals surface area contributed by atoms with Crippen LogP contribution in [0.15, 0.2) is 72.8 Å². The minimum absolute atomic E-state index is 0.112. The number of halogens is 2. The van der Waals surface area contributed by atoms with Gasteiger partial charge in [0.05, 0.1) is 11.4 Å². The molecule has 162 valence electrons. The van der Waals surface area contributed by atoms with Crippen molar-refractivity contribution in [2.45, 2.75) is 29.9 Å². The Balaban J connectivity index is 1.57. The Labute approximate surface area is 205 Å². The molecule has 1 aliphatic heterocycles. The average molecular weight is 563 g/mol. The van der Waals surface area contributed by atoms with Gasteiger partial charge < -0.3 is 14.5 Å². The molecule has 1 heterocycles. The Morgan fingerprint density at radius 3 is 2.26 bits per heavy atom. The Morgan fingerprint density at radius 2 is 1.58 bits per heavy atom. The predicted molar refractivity (Wildman–Crippen MR) is 145 cm³/mol. The largest absolute Gasteiger partial charge is 0.361 e. The molecule has 6 heteroatoms. The van der Waals surface area contributed by atoms with E-state index in [-0.39, 0.29) is 4.17 Å². The molecule has 3 aromatic carbocycles. The van der Waals surface area contributed by atoms with E-state index in [1.54, 1.807) is 0 Å². The second-order valence-electron chi connectivity index (χ2n) is 9.04. The zero-order chi connectivity index (χ0) is 22.0. The highest BCUT2D eigenvalue weighted by Gasteiger charge is 2.35. The number of benzene rings is 3. The highest BCUT2D eigenvalue weighted by Crippen LogP contribution is 2.47. The number of fused-ring (bicyclic) bond motifs is 1. The summed E-state index contributed by atoms with van der Waals surface area (Å²) >= 11 is 8.87. The fourth-order valence-corrected chi connectivity index (χ4v) is 5.69. The number of hydrogen-bond donors (Lipinski definition) is 0. The van der Waals surface area contributed by atoms with Crippen molar-refractivity contribution in [2.75, 3.05) is 23.1 Å². The maximum atomic E-state index is 6.38. The zero-order valence-electron chi connectivity index (χ0n) is 18.2. The molecule has 1 aliphatic rings. The van der Waals surface area contributed by atoms with Crippen molar-refractivity contribution in [1.82, 2.24) is 0 Å². The van der Waals surface area contributed by atoms with Crippen LogP contribution in [0.4, 0.5) is 17.1 Å². The standard InChI is InChI=1S/C25H28ClIN2OSi/c1-31(2,3)16-15-30-18-28-23-14-11-21(26)17-24(23)29(25(28)27)22-12-9-20(10-13-22)19-7-5-4-6-8-19/h4-14,17,25H,15-16,18H2,1-3H3. The van der Waals surface area contributed by atoms with Crippen LogP contribution in [-0.4, -0.2) is 25.6 Å². The SMILES string of the molecule is C[Si](C)(C)CCOCN1c2ccc(Cl)cc2N(c2ccc(-c3ccccc3)cc2)C1I. The van der Waals surface area contributed by atoms with Crippen LogP contribution >= 0.6 is 34.2 Å². The fraction of sp³-hybridized carbons (Fsp3) is 0.280. The number of alkyl halides is 1. The molecular weight excluding hydrogens is 535 g/mol. The van der Waals surface area contributed by atoms with E-state index in [1.165, 1.54) is 17.2 Å². The number of rotatable bonds is 7. The Bertz CT molecular complexity index is 1020. The molecule has 0 radical (unpaired) electrons. The monoisotopic (exact) mass is 562 g/mol. The van der Waals surface area contributed by atoms with Crippen LogP contribution in [0.2, 0.25) is 30.7 Å². The molecule has 1 atom stereocenters. The smallest absolute Gasteiger partial charge is 0.161 e. The lowest BCUT2D eigenvalue weighted by Crippen LogP contribution is -2.37. The van der Waals surface area contributed by atoms with Crippen LogP contribution in [0.25, 0.3) is 11.1 Å². The summed E-state index contributed by atoms with van der Waals surface area (Å²) < 4.78 is 6.22. The summed E-state index contributed by atoms with van der Waals surface area (Å²) in [5.74, 6) is 0. The molecule has 3 nitrogen and oxygen atoms in total. The summed E-state index contributed by atoms with van der Waals surface area (Å²) in [4.78, 5) is 4.64. The first-order chi connectivity index (χ1) is 14.8. The molecule has 1 unspecified atom stereocenters. The molecule has 3 aromatic rings. The van der Waals surface area contributed by atoms with Crippen LogP contribution in [0.1, 0.15) is 0 Å². The summed E-state index contributed by atoms with van der Waals surface area (Å²) in [6.07, 6.45) is 0. The summed E-state index contributed by atoms with van der Waals surface area (Å²) in [6, 6.07) is 26.5. The van der Waals surface area contributed by atoms with Crippen molar-refractivity contribution in [3.8, 4) is 11.1 Å². The van der Waals surface area contributed by atoms with Crippen LogP contribution in [0.5, 0.6) is 0 Å². The van der Waals surface area contributed by atoms with Gasteiger partial charge in [0.2, 0.25) is 0 Å². The van der Waals surface area contributed by atoms with E-state index in [0.717, 1.165) is 28.7 Å². The first-order valence-electron chi connectivity index (χ1n) is 10.6. The van der Waals surface area contributed by atoms with Crippen molar-refractivity contribution in [3.63, 3.8) is 0 Å². The van der Waals surface area contributed by atoms with Gasteiger partial charge in [-0.15, -0.1) is 0 Å². The quantitative estimate of drug-likeness (QED) is 0.0954. The minimum Gasteiger partial charge on any atom is -0.361 e. The summed E-state index contributed by atoms with van der Waals surface area (Å²) in [7, 11) is -1.10. The first kappa shape index (κ1) is 22.6. The van der Waals surface area contributed by atoms with Crippen molar-refractivity contribution in [1.29, 1.82) is 0 Å². The third kappa shape index (κ3) is 5.27. The zero-order valence-corrected chi connectivity index (χ0v) is 22.1. The third-order valence-corrected chi connectivity index (χ3v) is 8.62. The van der Waals surface area contributed by atoms with Gasteiger partial charge in [0.25, 0.3) is 0 Å². The molecule has 0 spiro atoms. The topological polar surface area (TPSA) is 15.7 Å². The summed E-state index contributed by atoms with van der Waals surface area (Å²) in [6.45, 7) is 8.53. The van der Waals surface area contributed by atoms with Crippen molar-refractivity contribution in [2.24, 2.45) is 0 Å². The Morgan fingerprint density at radius 1 is 0.903 bits per heavy atom. The molecule has 0 saturated heterocycles. The highest BCUT2D eigenvalue weighted by atomic mass is 127. The van der Waals surface area contributed by atoms with Crippen molar-refractivity contribution in [3.05, 3.63) is 77.8 Å². The molecule has 0 saturated carbocycles. The van der Waals surface area contributed by atoms with E-state index in [0.29, 0.717) is 6.73 Å². The number of ether oxygens (including phenoxy) is 1. The van der Waals surface area contributed by atoms with Crippen molar-refractivity contribution < 1.29 is 4.74 Å². The molecular formula is C25H28ClIN2OSi. The highest BCUT2D eigenvalue weighted by molar-refractivity contribution is 14.1. The lowest BCUT2D eigenvalue weighted by atomic mass is 10.1. The average Bonchev–Trinajstić information content (AvgIpc) is 3.02. The predicted octanol–water partition coefficient (Wildman–Crippen LogP) is 8.00. The van der Waals surface area contributed by atoms with E-state index in [1.807, 2.05) is 12.1 Å². The second kappa shape index (κ2) is 9.53. The molecule has 0 aromatic heterocycles.